The second-order valence-electron chi connectivity index (χ2n) is 2.48. The van der Waals surface area contributed by atoms with Gasteiger partial charge in [-0.2, -0.15) is 0 Å². The van der Waals surface area contributed by atoms with Crippen molar-refractivity contribution >= 4 is 0 Å². The van der Waals surface area contributed by atoms with Crippen molar-refractivity contribution in [3.05, 3.63) is 0 Å². The van der Waals surface area contributed by atoms with Crippen molar-refractivity contribution in [3.63, 3.8) is 0 Å². The van der Waals surface area contributed by atoms with Crippen molar-refractivity contribution in [2.45, 2.75) is 18.9 Å². The summed E-state index contributed by atoms with van der Waals surface area (Å²) in [5, 5.41) is 0. The predicted molar refractivity (Wildman–Crippen MR) is 24.2 cm³/mol. The average Bonchev–Trinajstić information content (AvgIpc) is 1.63. The molecule has 0 aromatic rings. The maximum absolute atomic E-state index is 5.57. The molecule has 0 radical (unpaired) electrons. The van der Waals surface area contributed by atoms with Gasteiger partial charge in [-0.3, -0.25) is 0 Å². The van der Waals surface area contributed by atoms with Crippen LogP contribution in [0.5, 0.6) is 0 Å². The molecule has 2 atom stereocenters. The van der Waals surface area contributed by atoms with Crippen LogP contribution in [-0.2, 0) is 0 Å². The van der Waals surface area contributed by atoms with Gasteiger partial charge in [-0.1, -0.05) is 0 Å². The minimum atomic E-state index is 0.630. The van der Waals surface area contributed by atoms with Gasteiger partial charge in [-0.25, -0.2) is 0 Å². The van der Waals surface area contributed by atoms with Crippen LogP contribution in [-0.4, -0.2) is 6.04 Å². The molecule has 0 spiro atoms. The molecule has 2 fully saturated rings. The van der Waals surface area contributed by atoms with E-state index in [2.05, 4.69) is 0 Å². The van der Waals surface area contributed by atoms with E-state index >= 15 is 0 Å². The zero-order valence-corrected chi connectivity index (χ0v) is 3.72. The third kappa shape index (κ3) is 0.155. The first-order valence-corrected chi connectivity index (χ1v) is 2.65. The van der Waals surface area contributed by atoms with Gasteiger partial charge in [0.2, 0.25) is 0 Å². The Hall–Kier alpha value is -0.0400. The minimum absolute atomic E-state index is 0.630. The van der Waals surface area contributed by atoms with E-state index in [0.717, 1.165) is 11.8 Å². The van der Waals surface area contributed by atoms with Crippen molar-refractivity contribution < 1.29 is 0 Å². The molecule has 0 heterocycles. The first kappa shape index (κ1) is 3.03. The standard InChI is InChI=1S/C5H9N/c6-5-3-1-2-4(3)5/h3-5H,1-2,6H2. The molecule has 34 valence electrons. The van der Waals surface area contributed by atoms with Gasteiger partial charge in [0.05, 0.1) is 0 Å². The monoisotopic (exact) mass is 83.1 g/mol. The highest BCUT2D eigenvalue weighted by molar-refractivity contribution is 5.08. The summed E-state index contributed by atoms with van der Waals surface area (Å²) in [6, 6.07) is 0.630. The van der Waals surface area contributed by atoms with Crippen LogP contribution in [0.1, 0.15) is 12.8 Å². The van der Waals surface area contributed by atoms with Crippen molar-refractivity contribution in [1.29, 1.82) is 0 Å². The first-order chi connectivity index (χ1) is 2.89. The molecule has 0 bridgehead atoms. The van der Waals surface area contributed by atoms with E-state index in [1.807, 2.05) is 0 Å². The molecule has 2 aliphatic rings. The van der Waals surface area contributed by atoms with Crippen LogP contribution in [0.25, 0.3) is 0 Å². The smallest absolute Gasteiger partial charge is 0.0102 e. The van der Waals surface area contributed by atoms with Crippen LogP contribution in [0.4, 0.5) is 0 Å². The second-order valence-corrected chi connectivity index (χ2v) is 2.48. The first-order valence-electron chi connectivity index (χ1n) is 2.65. The van der Waals surface area contributed by atoms with Crippen LogP contribution >= 0.6 is 0 Å². The van der Waals surface area contributed by atoms with E-state index in [1.54, 1.807) is 0 Å². The van der Waals surface area contributed by atoms with E-state index in [1.165, 1.54) is 12.8 Å². The number of fused-ring (bicyclic) bond motifs is 1. The maximum Gasteiger partial charge on any atom is 0.0102 e. The van der Waals surface area contributed by atoms with Gasteiger partial charge in [-0.05, 0) is 24.7 Å². The number of hydrogen-bond acceptors (Lipinski definition) is 1. The lowest BCUT2D eigenvalue weighted by Crippen LogP contribution is -1.99. The van der Waals surface area contributed by atoms with Crippen LogP contribution < -0.4 is 5.73 Å². The SMILES string of the molecule is NC1C2CCC12. The highest BCUT2D eigenvalue weighted by atomic mass is 14.8. The quantitative estimate of drug-likeness (QED) is 0.449. The summed E-state index contributed by atoms with van der Waals surface area (Å²) in [5.74, 6) is 1.95. The van der Waals surface area contributed by atoms with E-state index < -0.39 is 0 Å². The molecule has 0 amide bonds. The van der Waals surface area contributed by atoms with Gasteiger partial charge in [0.1, 0.15) is 0 Å². The molecular weight excluding hydrogens is 74.1 g/mol. The van der Waals surface area contributed by atoms with Crippen molar-refractivity contribution in [1.82, 2.24) is 0 Å². The third-order valence-electron chi connectivity index (χ3n) is 2.23. The number of rotatable bonds is 0. The number of nitrogens with two attached hydrogens (primary N) is 1. The molecule has 0 saturated heterocycles. The van der Waals surface area contributed by atoms with Crippen LogP contribution in [0.3, 0.4) is 0 Å². The lowest BCUT2D eigenvalue weighted by molar-refractivity contribution is 0.468. The molecule has 2 aliphatic carbocycles. The summed E-state index contributed by atoms with van der Waals surface area (Å²) in [6.45, 7) is 0. The fourth-order valence-corrected chi connectivity index (χ4v) is 1.41. The highest BCUT2D eigenvalue weighted by Gasteiger charge is 2.53. The Kier molecular flexibility index (Phi) is 0.327. The molecular formula is C5H9N. The molecule has 0 aromatic heterocycles. The zero-order chi connectivity index (χ0) is 4.15. The molecule has 2 unspecified atom stereocenters. The van der Waals surface area contributed by atoms with Gasteiger partial charge in [-0.15, -0.1) is 0 Å². The van der Waals surface area contributed by atoms with Gasteiger partial charge >= 0.3 is 0 Å². The largest absolute Gasteiger partial charge is 0.327 e. The lowest BCUT2D eigenvalue weighted by atomic mass is 10.0. The van der Waals surface area contributed by atoms with Crippen LogP contribution in [0, 0.1) is 11.8 Å². The van der Waals surface area contributed by atoms with E-state index in [9.17, 15) is 0 Å². The molecule has 2 saturated carbocycles. The predicted octanol–water partition coefficient (Wildman–Crippen LogP) is 0.353. The normalized spacial score (nSPS) is 62.5. The Labute approximate surface area is 37.5 Å². The van der Waals surface area contributed by atoms with Gasteiger partial charge in [0.25, 0.3) is 0 Å². The van der Waals surface area contributed by atoms with E-state index in [4.69, 9.17) is 5.73 Å². The topological polar surface area (TPSA) is 26.0 Å². The van der Waals surface area contributed by atoms with Crippen LogP contribution in [0.15, 0.2) is 0 Å². The Bertz CT molecular complexity index is 63.3. The highest BCUT2D eigenvalue weighted by Crippen LogP contribution is 2.54. The Morgan fingerprint density at radius 3 is 1.67 bits per heavy atom. The van der Waals surface area contributed by atoms with Gasteiger partial charge < -0.3 is 5.73 Å². The van der Waals surface area contributed by atoms with E-state index in [-0.39, 0.29) is 0 Å². The maximum atomic E-state index is 5.57. The Morgan fingerprint density at radius 1 is 1.17 bits per heavy atom. The molecule has 1 nitrogen and oxygen atoms in total. The fraction of sp³-hybridized carbons (Fsp3) is 1.00. The summed E-state index contributed by atoms with van der Waals surface area (Å²) >= 11 is 0. The average molecular weight is 83.1 g/mol. The van der Waals surface area contributed by atoms with E-state index in [0.29, 0.717) is 6.04 Å². The summed E-state index contributed by atoms with van der Waals surface area (Å²) in [7, 11) is 0. The van der Waals surface area contributed by atoms with Crippen molar-refractivity contribution in [3.8, 4) is 0 Å². The molecule has 1 heteroatoms. The van der Waals surface area contributed by atoms with Crippen molar-refractivity contribution in [2.75, 3.05) is 0 Å². The third-order valence-corrected chi connectivity index (χ3v) is 2.23. The second kappa shape index (κ2) is 0.648. The van der Waals surface area contributed by atoms with Crippen molar-refractivity contribution in [2.24, 2.45) is 17.6 Å². The molecule has 2 rings (SSSR count). The summed E-state index contributed by atoms with van der Waals surface area (Å²) in [4.78, 5) is 0. The summed E-state index contributed by atoms with van der Waals surface area (Å²) in [6.07, 6.45) is 2.84. The molecule has 6 heavy (non-hydrogen) atoms. The molecule has 2 N–H and O–H groups in total. The Balaban J connectivity index is 2.11. The van der Waals surface area contributed by atoms with Gasteiger partial charge in [0.15, 0.2) is 0 Å². The van der Waals surface area contributed by atoms with Gasteiger partial charge in [0, 0.05) is 6.04 Å². The lowest BCUT2D eigenvalue weighted by Gasteiger charge is -2.03. The van der Waals surface area contributed by atoms with Crippen LogP contribution in [0.2, 0.25) is 0 Å². The molecule has 0 aliphatic heterocycles. The fourth-order valence-electron chi connectivity index (χ4n) is 1.41. The zero-order valence-electron chi connectivity index (χ0n) is 3.72. The minimum Gasteiger partial charge on any atom is -0.327 e. The number of hydrogen-bond donors (Lipinski definition) is 1. The Morgan fingerprint density at radius 2 is 1.67 bits per heavy atom. The summed E-state index contributed by atoms with van der Waals surface area (Å²) < 4.78 is 0. The summed E-state index contributed by atoms with van der Waals surface area (Å²) in [5.41, 5.74) is 5.57. The molecule has 0 aromatic carbocycles.